The van der Waals surface area contributed by atoms with Gasteiger partial charge in [-0.2, -0.15) is 0 Å². The summed E-state index contributed by atoms with van der Waals surface area (Å²) in [6.45, 7) is -0.665. The summed E-state index contributed by atoms with van der Waals surface area (Å²) >= 11 is 0. The predicted octanol–water partition coefficient (Wildman–Crippen LogP) is 4.64. The number of carbonyl (C=O) groups is 3. The molecule has 0 N–H and O–H groups in total. The molecule has 0 radical (unpaired) electrons. The maximum atomic E-state index is 13.5. The van der Waals surface area contributed by atoms with Crippen molar-refractivity contribution in [2.75, 3.05) is 27.4 Å². The van der Waals surface area contributed by atoms with Crippen molar-refractivity contribution in [1.82, 2.24) is 0 Å². The molecule has 3 aromatic carbocycles. The first-order chi connectivity index (χ1) is 22.3. The zero-order valence-corrected chi connectivity index (χ0v) is 25.0. The van der Waals surface area contributed by atoms with Crippen LogP contribution in [0.4, 0.5) is 0 Å². The molecule has 0 aromatic heterocycles. The van der Waals surface area contributed by atoms with E-state index in [1.807, 2.05) is 0 Å². The summed E-state index contributed by atoms with van der Waals surface area (Å²) in [5.41, 5.74) is 9.68. The van der Waals surface area contributed by atoms with Crippen LogP contribution >= 0.6 is 0 Å². The molecule has 0 bridgehead atoms. The average Bonchev–Trinajstić information content (AvgIpc) is 3.66. The first-order valence-electron chi connectivity index (χ1n) is 14.2. The normalized spacial score (nSPS) is 26.6. The number of benzene rings is 3. The van der Waals surface area contributed by atoms with Crippen molar-refractivity contribution < 1.29 is 47.5 Å². The van der Waals surface area contributed by atoms with E-state index in [-0.39, 0.29) is 17.7 Å². The highest BCUT2D eigenvalue weighted by Crippen LogP contribution is 2.43. The fourth-order valence-corrected chi connectivity index (χ4v) is 5.15. The van der Waals surface area contributed by atoms with Crippen molar-refractivity contribution >= 4 is 17.9 Å². The van der Waals surface area contributed by atoms with Gasteiger partial charge in [0.1, 0.15) is 12.7 Å². The van der Waals surface area contributed by atoms with Crippen LogP contribution in [0, 0.1) is 0 Å². The van der Waals surface area contributed by atoms with Gasteiger partial charge < -0.3 is 33.2 Å². The van der Waals surface area contributed by atoms with E-state index in [9.17, 15) is 14.4 Å². The molecule has 13 nitrogen and oxygen atoms in total. The van der Waals surface area contributed by atoms with Gasteiger partial charge in [-0.05, 0) is 54.1 Å². The van der Waals surface area contributed by atoms with Gasteiger partial charge in [0, 0.05) is 19.1 Å². The summed E-state index contributed by atoms with van der Waals surface area (Å²) in [6.07, 6.45) is -2.18. The third-order valence-electron chi connectivity index (χ3n) is 7.52. The Hall–Kier alpha value is -5.04. The van der Waals surface area contributed by atoms with Crippen molar-refractivity contribution in [2.45, 2.75) is 36.0 Å². The summed E-state index contributed by atoms with van der Waals surface area (Å²) in [4.78, 5) is 42.5. The second-order valence-corrected chi connectivity index (χ2v) is 10.3. The number of rotatable bonds is 12. The Bertz CT molecular complexity index is 1600. The zero-order valence-electron chi connectivity index (χ0n) is 25.0. The maximum absolute atomic E-state index is 13.5. The molecule has 2 heterocycles. The lowest BCUT2D eigenvalue weighted by molar-refractivity contribution is -0.326. The number of ether oxygens (including phenoxy) is 7. The third-order valence-corrected chi connectivity index (χ3v) is 7.52. The van der Waals surface area contributed by atoms with Crippen LogP contribution in [-0.2, 0) is 33.2 Å². The molecule has 1 fully saturated rings. The molecule has 2 aliphatic rings. The third kappa shape index (κ3) is 6.94. The van der Waals surface area contributed by atoms with E-state index >= 15 is 0 Å². The van der Waals surface area contributed by atoms with Crippen LogP contribution < -0.4 is 0 Å². The molecule has 46 heavy (non-hydrogen) atoms. The second kappa shape index (κ2) is 14.4. The molecule has 2 unspecified atom stereocenters. The Morgan fingerprint density at radius 3 is 1.78 bits per heavy atom. The minimum absolute atomic E-state index is 0.220. The lowest BCUT2D eigenvalue weighted by atomic mass is 10.00. The molecule has 13 heteroatoms. The smallest absolute Gasteiger partial charge is 0.338 e. The second-order valence-electron chi connectivity index (χ2n) is 10.3. The van der Waals surface area contributed by atoms with Gasteiger partial charge in [0.2, 0.25) is 5.79 Å². The van der Waals surface area contributed by atoms with E-state index in [4.69, 9.17) is 38.7 Å². The molecule has 0 aliphatic carbocycles. The van der Waals surface area contributed by atoms with E-state index in [2.05, 4.69) is 10.0 Å². The molecular weight excluding hydrogens is 598 g/mol. The monoisotopic (exact) mass is 629 g/mol. The van der Waals surface area contributed by atoms with Gasteiger partial charge >= 0.3 is 17.9 Å². The number of methoxy groups -OCH3 is 2. The van der Waals surface area contributed by atoms with Gasteiger partial charge in [-0.15, -0.1) is 0 Å². The molecule has 1 saturated heterocycles. The maximum Gasteiger partial charge on any atom is 0.338 e. The SMILES string of the molecule is COC1(CN=[N+]=[N-])C=CC(OC)([C@@H]2O[C@H](COC(=O)c3ccccc3)[C@@H](OC(=O)c3ccccc3)[C@H]2OC(=O)c2ccccc2)O1. The topological polar surface area (TPSA) is 165 Å². The highest BCUT2D eigenvalue weighted by molar-refractivity contribution is 5.91. The Morgan fingerprint density at radius 2 is 1.28 bits per heavy atom. The lowest BCUT2D eigenvalue weighted by Gasteiger charge is -2.38. The van der Waals surface area contributed by atoms with Crippen molar-refractivity contribution in [3.05, 3.63) is 130 Å². The van der Waals surface area contributed by atoms with Crippen LogP contribution in [0.5, 0.6) is 0 Å². The van der Waals surface area contributed by atoms with Gasteiger partial charge in [0.15, 0.2) is 24.1 Å². The molecule has 3 aromatic rings. The Labute approximate surface area is 264 Å². The molecule has 238 valence electrons. The average molecular weight is 630 g/mol. The van der Waals surface area contributed by atoms with E-state index in [1.54, 1.807) is 91.0 Å². The minimum atomic E-state index is -1.81. The molecular formula is C33H31N3O10. The van der Waals surface area contributed by atoms with E-state index < -0.39 is 60.5 Å². The van der Waals surface area contributed by atoms with Gasteiger partial charge in [0.05, 0.1) is 23.2 Å². The Morgan fingerprint density at radius 1 is 0.761 bits per heavy atom. The highest BCUT2D eigenvalue weighted by Gasteiger charge is 2.62. The summed E-state index contributed by atoms with van der Waals surface area (Å²) < 4.78 is 41.5. The van der Waals surface area contributed by atoms with Crippen molar-refractivity contribution in [3.8, 4) is 0 Å². The van der Waals surface area contributed by atoms with Gasteiger partial charge in [0.25, 0.3) is 0 Å². The van der Waals surface area contributed by atoms with Gasteiger partial charge in [-0.3, -0.25) is 0 Å². The zero-order chi connectivity index (χ0) is 32.6. The highest BCUT2D eigenvalue weighted by atomic mass is 16.8. The molecule has 6 atom stereocenters. The van der Waals surface area contributed by atoms with Crippen LogP contribution in [-0.4, -0.2) is 81.3 Å². The van der Waals surface area contributed by atoms with Gasteiger partial charge in [-0.1, -0.05) is 59.7 Å². The van der Waals surface area contributed by atoms with Crippen LogP contribution in [0.25, 0.3) is 10.4 Å². The number of hydrogen-bond acceptors (Lipinski definition) is 11. The number of esters is 3. The van der Waals surface area contributed by atoms with Crippen molar-refractivity contribution in [2.24, 2.45) is 5.11 Å². The Balaban J connectivity index is 1.52. The first-order valence-corrected chi connectivity index (χ1v) is 14.2. The molecule has 0 saturated carbocycles. The largest absolute Gasteiger partial charge is 0.459 e. The molecule has 5 rings (SSSR count). The van der Waals surface area contributed by atoms with E-state index in [0.29, 0.717) is 5.56 Å². The van der Waals surface area contributed by atoms with Crippen LogP contribution in [0.15, 0.2) is 108 Å². The van der Waals surface area contributed by atoms with Crippen LogP contribution in [0.3, 0.4) is 0 Å². The molecule has 2 aliphatic heterocycles. The number of carbonyl (C=O) groups excluding carboxylic acids is 3. The summed E-state index contributed by atoms with van der Waals surface area (Å²) in [5, 5.41) is 3.58. The summed E-state index contributed by atoms with van der Waals surface area (Å²) in [6, 6.07) is 24.7. The molecule has 0 spiro atoms. The predicted molar refractivity (Wildman–Crippen MR) is 160 cm³/mol. The standard InChI is InChI=1S/C33H31N3O10/c1-40-32(21-35-36-34)18-19-33(41-2,46-32)28-27(45-31(39)24-16-10-5-11-17-24)26(44-30(38)23-14-8-4-9-15-23)25(43-28)20-42-29(37)22-12-6-3-7-13-22/h3-19,25-28H,20-21H2,1-2H3/t25-,26-,27-,28-,32?,33?/m1/s1. The summed E-state index contributed by atoms with van der Waals surface area (Å²) in [7, 11) is 2.68. The van der Waals surface area contributed by atoms with E-state index in [1.165, 1.54) is 26.4 Å². The van der Waals surface area contributed by atoms with E-state index in [0.717, 1.165) is 0 Å². The fourth-order valence-electron chi connectivity index (χ4n) is 5.15. The van der Waals surface area contributed by atoms with Crippen LogP contribution in [0.1, 0.15) is 31.1 Å². The number of nitrogens with zero attached hydrogens (tertiary/aromatic N) is 3. The minimum Gasteiger partial charge on any atom is -0.459 e. The fraction of sp³-hybridized carbons (Fsp3) is 0.303. The van der Waals surface area contributed by atoms with Crippen molar-refractivity contribution in [1.29, 1.82) is 0 Å². The van der Waals surface area contributed by atoms with Crippen LogP contribution in [0.2, 0.25) is 0 Å². The lowest BCUT2D eigenvalue weighted by Crippen LogP contribution is -2.54. The number of azide groups is 1. The van der Waals surface area contributed by atoms with Crippen molar-refractivity contribution in [3.63, 3.8) is 0 Å². The summed E-state index contributed by atoms with van der Waals surface area (Å²) in [5.74, 6) is -5.50. The quantitative estimate of drug-likeness (QED) is 0.0688. The van der Waals surface area contributed by atoms with Gasteiger partial charge in [-0.25, -0.2) is 14.4 Å². The number of hydrogen-bond donors (Lipinski definition) is 0. The Kier molecular flexibility index (Phi) is 10.1. The first kappa shape index (κ1) is 32.4. The molecule has 0 amide bonds.